The van der Waals surface area contributed by atoms with Gasteiger partial charge in [-0.3, -0.25) is 0 Å². The molecule has 6 heteroatoms. The third-order valence-electron chi connectivity index (χ3n) is 3.15. The van der Waals surface area contributed by atoms with Crippen LogP contribution in [0.25, 0.3) is 0 Å². The summed E-state index contributed by atoms with van der Waals surface area (Å²) in [6.45, 7) is 0.677. The van der Waals surface area contributed by atoms with Gasteiger partial charge in [-0.1, -0.05) is 33.6 Å². The molecular weight excluding hydrogens is 338 g/mol. The van der Waals surface area contributed by atoms with Crippen LogP contribution in [0.15, 0.2) is 22.7 Å². The van der Waals surface area contributed by atoms with Crippen molar-refractivity contribution in [2.45, 2.75) is 25.4 Å². The lowest BCUT2D eigenvalue weighted by Gasteiger charge is -2.23. The Balaban J connectivity index is 1.89. The van der Waals surface area contributed by atoms with E-state index in [1.165, 1.54) is 0 Å². The van der Waals surface area contributed by atoms with Crippen molar-refractivity contribution in [3.05, 3.63) is 33.3 Å². The Morgan fingerprint density at radius 2 is 2.00 bits per heavy atom. The molecule has 1 saturated heterocycles. The van der Waals surface area contributed by atoms with Crippen molar-refractivity contribution in [2.75, 3.05) is 11.5 Å². The van der Waals surface area contributed by atoms with E-state index in [1.54, 1.807) is 0 Å². The maximum atomic E-state index is 11.3. The van der Waals surface area contributed by atoms with Crippen LogP contribution in [0.2, 0.25) is 5.02 Å². The van der Waals surface area contributed by atoms with Gasteiger partial charge in [-0.15, -0.1) is 0 Å². The molecule has 0 saturated carbocycles. The second kappa shape index (κ2) is 5.90. The Hall–Kier alpha value is -0.100. The summed E-state index contributed by atoms with van der Waals surface area (Å²) >= 11 is 9.49. The molecule has 0 aromatic heterocycles. The summed E-state index contributed by atoms with van der Waals surface area (Å²) in [6, 6.07) is 6.06. The van der Waals surface area contributed by atoms with Crippen LogP contribution in [0, 0.1) is 0 Å². The van der Waals surface area contributed by atoms with Crippen LogP contribution >= 0.6 is 27.5 Å². The van der Waals surface area contributed by atoms with Gasteiger partial charge < -0.3 is 5.32 Å². The highest BCUT2D eigenvalue weighted by Crippen LogP contribution is 2.22. The molecule has 1 aromatic carbocycles. The molecule has 0 unspecified atom stereocenters. The highest BCUT2D eigenvalue weighted by Gasteiger charge is 2.23. The minimum atomic E-state index is -2.78. The van der Waals surface area contributed by atoms with Gasteiger partial charge in [0.15, 0.2) is 0 Å². The van der Waals surface area contributed by atoms with E-state index in [9.17, 15) is 8.42 Å². The molecule has 18 heavy (non-hydrogen) atoms. The average molecular weight is 353 g/mol. The summed E-state index contributed by atoms with van der Waals surface area (Å²) in [5, 5.41) is 4.09. The largest absolute Gasteiger partial charge is 0.310 e. The number of sulfone groups is 1. The van der Waals surface area contributed by atoms with E-state index in [2.05, 4.69) is 21.2 Å². The van der Waals surface area contributed by atoms with E-state index >= 15 is 0 Å². The first-order valence-corrected chi connectivity index (χ1v) is 8.83. The van der Waals surface area contributed by atoms with Gasteiger partial charge in [0.05, 0.1) is 11.5 Å². The molecule has 0 atom stereocenters. The van der Waals surface area contributed by atoms with Crippen molar-refractivity contribution in [1.29, 1.82) is 0 Å². The van der Waals surface area contributed by atoms with Crippen molar-refractivity contribution >= 4 is 37.4 Å². The SMILES string of the molecule is O=S1(=O)CCC(NCc2ccc(Br)cc2Cl)CC1. The van der Waals surface area contributed by atoms with Gasteiger partial charge in [-0.2, -0.15) is 0 Å². The Kier molecular flexibility index (Phi) is 4.69. The molecule has 1 N–H and O–H groups in total. The topological polar surface area (TPSA) is 46.2 Å². The molecule has 0 bridgehead atoms. The zero-order valence-corrected chi connectivity index (χ0v) is 13.0. The Morgan fingerprint density at radius 3 is 2.61 bits per heavy atom. The normalized spacial score (nSPS) is 19.9. The van der Waals surface area contributed by atoms with Gasteiger partial charge in [0.1, 0.15) is 9.84 Å². The quantitative estimate of drug-likeness (QED) is 0.910. The van der Waals surface area contributed by atoms with Crippen LogP contribution in [-0.2, 0) is 16.4 Å². The summed E-state index contributed by atoms with van der Waals surface area (Å²) in [4.78, 5) is 0. The third-order valence-corrected chi connectivity index (χ3v) is 5.71. The van der Waals surface area contributed by atoms with Crippen molar-refractivity contribution in [1.82, 2.24) is 5.32 Å². The summed E-state index contributed by atoms with van der Waals surface area (Å²) in [5.74, 6) is 0.581. The number of nitrogens with one attached hydrogen (secondary N) is 1. The molecule has 1 heterocycles. The van der Waals surface area contributed by atoms with Gasteiger partial charge in [0.25, 0.3) is 0 Å². The first kappa shape index (κ1) is 14.3. The van der Waals surface area contributed by atoms with E-state index in [0.717, 1.165) is 15.1 Å². The fourth-order valence-electron chi connectivity index (χ4n) is 2.01. The van der Waals surface area contributed by atoms with Crippen molar-refractivity contribution in [3.8, 4) is 0 Å². The lowest BCUT2D eigenvalue weighted by atomic mass is 10.1. The summed E-state index contributed by atoms with van der Waals surface area (Å²) in [6.07, 6.45) is 1.38. The van der Waals surface area contributed by atoms with Gasteiger partial charge >= 0.3 is 0 Å². The zero-order chi connectivity index (χ0) is 13.2. The Morgan fingerprint density at radius 1 is 1.33 bits per heavy atom. The maximum Gasteiger partial charge on any atom is 0.150 e. The number of hydrogen-bond donors (Lipinski definition) is 1. The fraction of sp³-hybridized carbons (Fsp3) is 0.500. The Labute approximate surface area is 121 Å². The number of hydrogen-bond acceptors (Lipinski definition) is 3. The molecule has 1 aliphatic heterocycles. The van der Waals surface area contributed by atoms with Crippen molar-refractivity contribution in [3.63, 3.8) is 0 Å². The second-order valence-electron chi connectivity index (χ2n) is 4.54. The van der Waals surface area contributed by atoms with E-state index in [1.807, 2.05) is 18.2 Å². The van der Waals surface area contributed by atoms with Crippen LogP contribution in [0.3, 0.4) is 0 Å². The molecule has 0 spiro atoms. The van der Waals surface area contributed by atoms with Crippen LogP contribution in [0.5, 0.6) is 0 Å². The van der Waals surface area contributed by atoms with Gasteiger partial charge in [-0.25, -0.2) is 8.42 Å². The number of rotatable bonds is 3. The van der Waals surface area contributed by atoms with Crippen LogP contribution < -0.4 is 5.32 Å². The highest BCUT2D eigenvalue weighted by molar-refractivity contribution is 9.10. The van der Waals surface area contributed by atoms with E-state index < -0.39 is 9.84 Å². The second-order valence-corrected chi connectivity index (χ2v) is 8.17. The first-order chi connectivity index (χ1) is 8.46. The van der Waals surface area contributed by atoms with Crippen LogP contribution in [0.1, 0.15) is 18.4 Å². The van der Waals surface area contributed by atoms with E-state index in [4.69, 9.17) is 11.6 Å². The number of halogens is 2. The fourth-order valence-corrected chi connectivity index (χ4v) is 4.25. The minimum absolute atomic E-state index is 0.272. The Bertz CT molecular complexity index is 519. The van der Waals surface area contributed by atoms with Crippen molar-refractivity contribution in [2.24, 2.45) is 0 Å². The molecule has 100 valence electrons. The van der Waals surface area contributed by atoms with Crippen LogP contribution in [0.4, 0.5) is 0 Å². The molecule has 1 aliphatic rings. The summed E-state index contributed by atoms with van der Waals surface area (Å²) in [5.41, 5.74) is 1.04. The predicted molar refractivity (Wildman–Crippen MR) is 77.7 cm³/mol. The van der Waals surface area contributed by atoms with E-state index in [-0.39, 0.29) is 6.04 Å². The molecular formula is C12H15BrClNO2S. The summed E-state index contributed by atoms with van der Waals surface area (Å²) in [7, 11) is -2.78. The molecule has 1 fully saturated rings. The molecule has 3 nitrogen and oxygen atoms in total. The van der Waals surface area contributed by atoms with Gasteiger partial charge in [0.2, 0.25) is 0 Å². The first-order valence-electron chi connectivity index (χ1n) is 5.84. The lowest BCUT2D eigenvalue weighted by Crippen LogP contribution is -2.37. The van der Waals surface area contributed by atoms with Crippen molar-refractivity contribution < 1.29 is 8.42 Å². The maximum absolute atomic E-state index is 11.3. The molecule has 1 aromatic rings. The smallest absolute Gasteiger partial charge is 0.150 e. The summed E-state index contributed by atoms with van der Waals surface area (Å²) < 4.78 is 23.6. The molecule has 0 radical (unpaired) electrons. The lowest BCUT2D eigenvalue weighted by molar-refractivity contribution is 0.463. The minimum Gasteiger partial charge on any atom is -0.310 e. The van der Waals surface area contributed by atoms with Gasteiger partial charge in [0, 0.05) is 22.1 Å². The third kappa shape index (κ3) is 3.95. The zero-order valence-electron chi connectivity index (χ0n) is 9.83. The molecule has 0 amide bonds. The molecule has 2 rings (SSSR count). The van der Waals surface area contributed by atoms with Crippen LogP contribution in [-0.4, -0.2) is 26.0 Å². The van der Waals surface area contributed by atoms with E-state index in [0.29, 0.717) is 30.9 Å². The number of benzene rings is 1. The highest BCUT2D eigenvalue weighted by atomic mass is 79.9. The van der Waals surface area contributed by atoms with Gasteiger partial charge in [-0.05, 0) is 30.5 Å². The predicted octanol–water partition coefficient (Wildman–Crippen LogP) is 2.77. The standard InChI is InChI=1S/C12H15BrClNO2S/c13-10-2-1-9(12(14)7-10)8-15-11-3-5-18(16,17)6-4-11/h1-2,7,11,15H,3-6,8H2. The monoisotopic (exact) mass is 351 g/mol. The molecule has 0 aliphatic carbocycles. The average Bonchev–Trinajstić information content (AvgIpc) is 2.29.